The SMILES string of the molecule is O=S(=O)(CCc1ccccc1)N(CCBr)C1CC1. The highest BCUT2D eigenvalue weighted by atomic mass is 79.9. The maximum Gasteiger partial charge on any atom is 0.214 e. The molecule has 0 atom stereocenters. The Balaban J connectivity index is 1.97. The number of benzene rings is 1. The standard InChI is InChI=1S/C13H18BrNO2S/c14-9-10-15(13-6-7-13)18(16,17)11-8-12-4-2-1-3-5-12/h1-5,13H,6-11H2. The number of aryl methyl sites for hydroxylation is 1. The molecule has 0 amide bonds. The maximum absolute atomic E-state index is 12.3. The highest BCUT2D eigenvalue weighted by Crippen LogP contribution is 2.29. The van der Waals surface area contributed by atoms with E-state index in [1.54, 1.807) is 4.31 Å². The van der Waals surface area contributed by atoms with Gasteiger partial charge in [0.25, 0.3) is 0 Å². The van der Waals surface area contributed by atoms with Crippen molar-refractivity contribution in [3.8, 4) is 0 Å². The molecule has 1 aliphatic rings. The number of nitrogens with zero attached hydrogens (tertiary/aromatic N) is 1. The Hall–Kier alpha value is -0.390. The van der Waals surface area contributed by atoms with E-state index in [1.807, 2.05) is 30.3 Å². The zero-order valence-corrected chi connectivity index (χ0v) is 12.7. The number of rotatable bonds is 7. The largest absolute Gasteiger partial charge is 0.214 e. The van der Waals surface area contributed by atoms with E-state index in [0.717, 1.165) is 18.4 Å². The lowest BCUT2D eigenvalue weighted by molar-refractivity contribution is 0.424. The first-order chi connectivity index (χ1) is 8.63. The van der Waals surface area contributed by atoms with Crippen LogP contribution in [0, 0.1) is 0 Å². The number of halogens is 1. The van der Waals surface area contributed by atoms with Crippen LogP contribution in [-0.4, -0.2) is 36.4 Å². The number of hydrogen-bond donors (Lipinski definition) is 0. The third-order valence-electron chi connectivity index (χ3n) is 3.11. The van der Waals surface area contributed by atoms with E-state index in [0.29, 0.717) is 18.3 Å². The summed E-state index contributed by atoms with van der Waals surface area (Å²) >= 11 is 3.33. The van der Waals surface area contributed by atoms with Crippen LogP contribution in [-0.2, 0) is 16.4 Å². The second-order valence-electron chi connectivity index (χ2n) is 4.58. The van der Waals surface area contributed by atoms with E-state index in [-0.39, 0.29) is 11.8 Å². The summed E-state index contributed by atoms with van der Waals surface area (Å²) in [7, 11) is -3.12. The first kappa shape index (κ1) is 14.0. The molecular weight excluding hydrogens is 314 g/mol. The van der Waals surface area contributed by atoms with Gasteiger partial charge in [-0.2, -0.15) is 4.31 Å². The van der Waals surface area contributed by atoms with Gasteiger partial charge in [-0.15, -0.1) is 0 Å². The summed E-state index contributed by atoms with van der Waals surface area (Å²) in [6.45, 7) is 0.585. The average Bonchev–Trinajstić information content (AvgIpc) is 3.19. The van der Waals surface area contributed by atoms with Gasteiger partial charge in [0, 0.05) is 17.9 Å². The molecule has 18 heavy (non-hydrogen) atoms. The van der Waals surface area contributed by atoms with Crippen LogP contribution in [0.1, 0.15) is 18.4 Å². The molecule has 0 heterocycles. The molecule has 0 radical (unpaired) electrons. The smallest absolute Gasteiger partial charge is 0.212 e. The zero-order chi connectivity index (χ0) is 13.0. The second-order valence-corrected chi connectivity index (χ2v) is 7.42. The fourth-order valence-electron chi connectivity index (χ4n) is 2.00. The van der Waals surface area contributed by atoms with Crippen LogP contribution in [0.5, 0.6) is 0 Å². The summed E-state index contributed by atoms with van der Waals surface area (Å²) in [6, 6.07) is 10.0. The topological polar surface area (TPSA) is 37.4 Å². The van der Waals surface area contributed by atoms with Gasteiger partial charge in [0.05, 0.1) is 5.75 Å². The van der Waals surface area contributed by atoms with E-state index in [9.17, 15) is 8.42 Å². The summed E-state index contributed by atoms with van der Waals surface area (Å²) in [4.78, 5) is 0. The van der Waals surface area contributed by atoms with Crippen molar-refractivity contribution in [3.05, 3.63) is 35.9 Å². The molecule has 1 fully saturated rings. The Labute approximate surface area is 117 Å². The van der Waals surface area contributed by atoms with E-state index in [2.05, 4.69) is 15.9 Å². The van der Waals surface area contributed by atoms with Crippen LogP contribution in [0.4, 0.5) is 0 Å². The van der Waals surface area contributed by atoms with Crippen molar-refractivity contribution < 1.29 is 8.42 Å². The average molecular weight is 332 g/mol. The van der Waals surface area contributed by atoms with E-state index in [4.69, 9.17) is 0 Å². The molecule has 0 saturated heterocycles. The van der Waals surface area contributed by atoms with E-state index in [1.165, 1.54) is 0 Å². The maximum atomic E-state index is 12.3. The van der Waals surface area contributed by atoms with Crippen molar-refractivity contribution in [2.75, 3.05) is 17.6 Å². The van der Waals surface area contributed by atoms with Gasteiger partial charge in [-0.1, -0.05) is 46.3 Å². The monoisotopic (exact) mass is 331 g/mol. The lowest BCUT2D eigenvalue weighted by Crippen LogP contribution is -2.36. The summed E-state index contributed by atoms with van der Waals surface area (Å²) in [5.41, 5.74) is 1.08. The van der Waals surface area contributed by atoms with Crippen molar-refractivity contribution in [2.45, 2.75) is 25.3 Å². The van der Waals surface area contributed by atoms with Gasteiger partial charge in [-0.25, -0.2) is 8.42 Å². The molecule has 3 nitrogen and oxygen atoms in total. The molecule has 0 aliphatic heterocycles. The number of sulfonamides is 1. The first-order valence-electron chi connectivity index (χ1n) is 6.23. The quantitative estimate of drug-likeness (QED) is 0.719. The fraction of sp³-hybridized carbons (Fsp3) is 0.538. The number of alkyl halides is 1. The van der Waals surface area contributed by atoms with Gasteiger partial charge >= 0.3 is 0 Å². The Morgan fingerprint density at radius 2 is 1.89 bits per heavy atom. The van der Waals surface area contributed by atoms with Crippen LogP contribution in [0.25, 0.3) is 0 Å². The summed E-state index contributed by atoms with van der Waals surface area (Å²) in [6.07, 6.45) is 2.61. The Bertz CT molecular complexity index is 471. The minimum Gasteiger partial charge on any atom is -0.212 e. The molecule has 0 N–H and O–H groups in total. The van der Waals surface area contributed by atoms with Crippen LogP contribution < -0.4 is 0 Å². The summed E-state index contributed by atoms with van der Waals surface area (Å²) in [5.74, 6) is 0.209. The van der Waals surface area contributed by atoms with Crippen LogP contribution in [0.2, 0.25) is 0 Å². The minimum absolute atomic E-state index is 0.209. The summed E-state index contributed by atoms with van der Waals surface area (Å²) < 4.78 is 26.2. The normalized spacial score (nSPS) is 16.1. The van der Waals surface area contributed by atoms with Crippen molar-refractivity contribution in [3.63, 3.8) is 0 Å². The molecule has 5 heteroatoms. The van der Waals surface area contributed by atoms with Gasteiger partial charge in [-0.3, -0.25) is 0 Å². The molecule has 100 valence electrons. The van der Waals surface area contributed by atoms with Crippen molar-refractivity contribution in [2.24, 2.45) is 0 Å². The molecule has 1 aromatic carbocycles. The molecule has 0 unspecified atom stereocenters. The highest BCUT2D eigenvalue weighted by Gasteiger charge is 2.36. The Morgan fingerprint density at radius 3 is 2.44 bits per heavy atom. The van der Waals surface area contributed by atoms with Gasteiger partial charge in [0.15, 0.2) is 0 Å². The molecule has 1 saturated carbocycles. The Kier molecular flexibility index (Phi) is 4.81. The highest BCUT2D eigenvalue weighted by molar-refractivity contribution is 9.09. The molecular formula is C13H18BrNO2S. The van der Waals surface area contributed by atoms with Gasteiger partial charge < -0.3 is 0 Å². The van der Waals surface area contributed by atoms with Crippen LogP contribution >= 0.6 is 15.9 Å². The third-order valence-corrected chi connectivity index (χ3v) is 5.38. The first-order valence-corrected chi connectivity index (χ1v) is 8.96. The van der Waals surface area contributed by atoms with Crippen molar-refractivity contribution >= 4 is 26.0 Å². The lowest BCUT2D eigenvalue weighted by Gasteiger charge is -2.20. The molecule has 0 spiro atoms. The fourth-order valence-corrected chi connectivity index (χ4v) is 4.38. The van der Waals surface area contributed by atoms with Gasteiger partial charge in [-0.05, 0) is 24.8 Å². The summed E-state index contributed by atoms with van der Waals surface area (Å²) in [5, 5.41) is 0.702. The zero-order valence-electron chi connectivity index (χ0n) is 10.3. The number of hydrogen-bond acceptors (Lipinski definition) is 2. The molecule has 0 aromatic heterocycles. The second kappa shape index (κ2) is 6.17. The van der Waals surface area contributed by atoms with Gasteiger partial charge in [0.2, 0.25) is 10.0 Å². The Morgan fingerprint density at radius 1 is 1.22 bits per heavy atom. The van der Waals surface area contributed by atoms with E-state index < -0.39 is 10.0 Å². The third kappa shape index (κ3) is 3.80. The van der Waals surface area contributed by atoms with Crippen LogP contribution in [0.15, 0.2) is 30.3 Å². The predicted molar refractivity (Wildman–Crippen MR) is 77.5 cm³/mol. The van der Waals surface area contributed by atoms with E-state index >= 15 is 0 Å². The van der Waals surface area contributed by atoms with Crippen molar-refractivity contribution in [1.82, 2.24) is 4.31 Å². The molecule has 2 rings (SSSR count). The lowest BCUT2D eigenvalue weighted by atomic mass is 10.2. The van der Waals surface area contributed by atoms with Crippen molar-refractivity contribution in [1.29, 1.82) is 0 Å². The van der Waals surface area contributed by atoms with Crippen LogP contribution in [0.3, 0.4) is 0 Å². The van der Waals surface area contributed by atoms with Gasteiger partial charge in [0.1, 0.15) is 0 Å². The minimum atomic E-state index is -3.12. The molecule has 1 aromatic rings. The molecule has 0 bridgehead atoms. The molecule has 1 aliphatic carbocycles. The predicted octanol–water partition coefficient (Wildman–Crippen LogP) is 2.42.